The molecule has 0 N–H and O–H groups in total. The summed E-state index contributed by atoms with van der Waals surface area (Å²) in [6.45, 7) is 3.86. The largest absolute Gasteiger partial charge is 0.463 e. The minimum absolute atomic E-state index is 0.0436. The Bertz CT molecular complexity index is 384. The molecule has 0 bridgehead atoms. The second-order valence-electron chi connectivity index (χ2n) is 4.37. The summed E-state index contributed by atoms with van der Waals surface area (Å²) in [7, 11) is 0. The van der Waals surface area contributed by atoms with E-state index in [0.29, 0.717) is 0 Å². The van der Waals surface area contributed by atoms with Crippen molar-refractivity contribution < 1.29 is 33.3 Å². The average molecular weight is 353 g/mol. The maximum atomic E-state index is 11.1. The van der Waals surface area contributed by atoms with Crippen LogP contribution in [0.5, 0.6) is 0 Å². The van der Waals surface area contributed by atoms with Crippen LogP contribution in [0.2, 0.25) is 0 Å². The van der Waals surface area contributed by atoms with E-state index in [1.54, 1.807) is 0 Å². The molecule has 0 spiro atoms. The van der Waals surface area contributed by atoms with E-state index in [0.717, 1.165) is 0 Å². The van der Waals surface area contributed by atoms with Crippen molar-refractivity contribution in [2.24, 2.45) is 0 Å². The molecule has 1 saturated heterocycles. The van der Waals surface area contributed by atoms with Crippen LogP contribution in [-0.2, 0) is 33.3 Å². The first-order valence-electron chi connectivity index (χ1n) is 6.07. The molecule has 4 atom stereocenters. The number of hydrogen-bond acceptors (Lipinski definition) is 7. The summed E-state index contributed by atoms with van der Waals surface area (Å²) in [6.07, 6.45) is -1.58. The maximum absolute atomic E-state index is 11.1. The lowest BCUT2D eigenvalue weighted by atomic mass is 10.0. The van der Waals surface area contributed by atoms with Crippen molar-refractivity contribution in [3.05, 3.63) is 0 Å². The number of carbonyl (C=O) groups is 3. The van der Waals surface area contributed by atoms with Crippen molar-refractivity contribution in [1.82, 2.24) is 0 Å². The molecule has 20 heavy (non-hydrogen) atoms. The van der Waals surface area contributed by atoms with E-state index in [-0.39, 0.29) is 13.0 Å². The van der Waals surface area contributed by atoms with Crippen molar-refractivity contribution in [1.29, 1.82) is 0 Å². The highest BCUT2D eigenvalue weighted by atomic mass is 79.9. The lowest BCUT2D eigenvalue weighted by molar-refractivity contribution is -0.196. The topological polar surface area (TPSA) is 88.1 Å². The van der Waals surface area contributed by atoms with Gasteiger partial charge in [0.15, 0.2) is 11.1 Å². The molecule has 3 unspecified atom stereocenters. The first kappa shape index (κ1) is 16.9. The predicted octanol–water partition coefficient (Wildman–Crippen LogP) is 0.923. The highest BCUT2D eigenvalue weighted by Gasteiger charge is 2.42. The van der Waals surface area contributed by atoms with Crippen molar-refractivity contribution in [2.75, 3.05) is 6.61 Å². The molecule has 0 aliphatic carbocycles. The number of ether oxygens (including phenoxy) is 4. The van der Waals surface area contributed by atoms with Crippen LogP contribution in [0.4, 0.5) is 0 Å². The zero-order valence-corrected chi connectivity index (χ0v) is 13.0. The van der Waals surface area contributed by atoms with Crippen molar-refractivity contribution in [3.8, 4) is 0 Å². The molecule has 1 heterocycles. The Hall–Kier alpha value is -1.15. The van der Waals surface area contributed by atoms with Gasteiger partial charge >= 0.3 is 17.9 Å². The Balaban J connectivity index is 2.71. The van der Waals surface area contributed by atoms with Gasteiger partial charge in [0.1, 0.15) is 12.7 Å². The second-order valence-corrected chi connectivity index (χ2v) is 5.27. The zero-order chi connectivity index (χ0) is 15.3. The Morgan fingerprint density at radius 2 is 1.70 bits per heavy atom. The van der Waals surface area contributed by atoms with Gasteiger partial charge in [0, 0.05) is 27.2 Å². The summed E-state index contributed by atoms with van der Waals surface area (Å²) in [5.74, 6) is -1.41. The van der Waals surface area contributed by atoms with Gasteiger partial charge in [0.05, 0.1) is 6.10 Å². The van der Waals surface area contributed by atoms with Crippen molar-refractivity contribution >= 4 is 33.8 Å². The molecule has 0 aromatic rings. The van der Waals surface area contributed by atoms with E-state index in [2.05, 4.69) is 15.9 Å². The highest BCUT2D eigenvalue weighted by Crippen LogP contribution is 2.29. The zero-order valence-electron chi connectivity index (χ0n) is 11.5. The second kappa shape index (κ2) is 7.58. The van der Waals surface area contributed by atoms with Crippen LogP contribution in [0.3, 0.4) is 0 Å². The number of alkyl halides is 1. The Kier molecular flexibility index (Phi) is 6.41. The molecule has 1 fully saturated rings. The van der Waals surface area contributed by atoms with Gasteiger partial charge in [-0.15, -0.1) is 0 Å². The summed E-state index contributed by atoms with van der Waals surface area (Å²) in [5, 5.41) is -0.648. The maximum Gasteiger partial charge on any atom is 0.303 e. The van der Waals surface area contributed by atoms with E-state index in [9.17, 15) is 14.4 Å². The summed E-state index contributed by atoms with van der Waals surface area (Å²) in [4.78, 5) is 33.0. The normalized spacial score (nSPS) is 29.4. The van der Waals surface area contributed by atoms with Crippen LogP contribution in [0.15, 0.2) is 0 Å². The van der Waals surface area contributed by atoms with Crippen LogP contribution < -0.4 is 0 Å². The molecule has 8 heteroatoms. The van der Waals surface area contributed by atoms with E-state index >= 15 is 0 Å². The van der Waals surface area contributed by atoms with E-state index in [4.69, 9.17) is 18.9 Å². The van der Waals surface area contributed by atoms with Crippen molar-refractivity contribution in [2.45, 2.75) is 50.5 Å². The molecular formula is C12H17BrO7. The molecular weight excluding hydrogens is 336 g/mol. The van der Waals surface area contributed by atoms with Gasteiger partial charge in [-0.25, -0.2) is 0 Å². The highest BCUT2D eigenvalue weighted by molar-refractivity contribution is 9.09. The first-order chi connectivity index (χ1) is 9.29. The number of hydrogen-bond donors (Lipinski definition) is 0. The lowest BCUT2D eigenvalue weighted by Crippen LogP contribution is -2.50. The molecule has 114 valence electrons. The summed E-state index contributed by atoms with van der Waals surface area (Å²) < 4.78 is 20.6. The minimum Gasteiger partial charge on any atom is -0.463 e. The average Bonchev–Trinajstić information content (AvgIpc) is 2.29. The summed E-state index contributed by atoms with van der Waals surface area (Å²) in [6, 6.07) is 0. The van der Waals surface area contributed by atoms with Crippen LogP contribution in [0.25, 0.3) is 0 Å². The van der Waals surface area contributed by atoms with Crippen LogP contribution in [-0.4, -0.2) is 47.8 Å². The number of esters is 3. The van der Waals surface area contributed by atoms with Gasteiger partial charge in [-0.05, 0) is 0 Å². The third-order valence-electron chi connectivity index (χ3n) is 2.53. The number of halogens is 1. The fourth-order valence-electron chi connectivity index (χ4n) is 1.85. The molecule has 0 aromatic heterocycles. The van der Waals surface area contributed by atoms with Gasteiger partial charge in [0.25, 0.3) is 0 Å². The Morgan fingerprint density at radius 1 is 1.10 bits per heavy atom. The third-order valence-corrected chi connectivity index (χ3v) is 3.27. The summed E-state index contributed by atoms with van der Waals surface area (Å²) in [5.41, 5.74) is 0. The van der Waals surface area contributed by atoms with Gasteiger partial charge in [0.2, 0.25) is 0 Å². The fourth-order valence-corrected chi connectivity index (χ4v) is 2.60. The van der Waals surface area contributed by atoms with Gasteiger partial charge in [-0.1, -0.05) is 15.9 Å². The van der Waals surface area contributed by atoms with Gasteiger partial charge in [-0.2, -0.15) is 0 Å². The summed E-state index contributed by atoms with van der Waals surface area (Å²) >= 11 is 3.23. The van der Waals surface area contributed by atoms with Crippen molar-refractivity contribution in [3.63, 3.8) is 0 Å². The molecule has 0 saturated carbocycles. The van der Waals surface area contributed by atoms with Gasteiger partial charge < -0.3 is 18.9 Å². The predicted molar refractivity (Wildman–Crippen MR) is 69.9 cm³/mol. The number of rotatable bonds is 4. The molecule has 7 nitrogen and oxygen atoms in total. The Labute approximate surface area is 125 Å². The first-order valence-corrected chi connectivity index (χ1v) is 6.98. The van der Waals surface area contributed by atoms with Crippen LogP contribution in [0, 0.1) is 0 Å². The molecule has 0 aromatic carbocycles. The molecule has 1 aliphatic heterocycles. The smallest absolute Gasteiger partial charge is 0.303 e. The van der Waals surface area contributed by atoms with Crippen LogP contribution in [0.1, 0.15) is 27.2 Å². The Morgan fingerprint density at radius 3 is 2.20 bits per heavy atom. The molecule has 0 amide bonds. The molecule has 1 rings (SSSR count). The monoisotopic (exact) mass is 352 g/mol. The van der Waals surface area contributed by atoms with E-state index < -0.39 is 41.2 Å². The standard InChI is InChI=1S/C12H17BrO7/c1-6(14)17-5-9-4-10(18-7(2)15)11(12(13)20-9)19-8(3)16/h9-12H,4-5H2,1-3H3/t9?,10?,11?,12-/m0/s1. The van der Waals surface area contributed by atoms with E-state index in [1.807, 2.05) is 0 Å². The van der Waals surface area contributed by atoms with Crippen LogP contribution >= 0.6 is 15.9 Å². The minimum atomic E-state index is -0.745. The molecule has 0 radical (unpaired) electrons. The lowest BCUT2D eigenvalue weighted by Gasteiger charge is -2.37. The molecule has 1 aliphatic rings. The third kappa shape index (κ3) is 5.46. The quantitative estimate of drug-likeness (QED) is 0.422. The number of carbonyl (C=O) groups excluding carboxylic acids is 3. The van der Waals surface area contributed by atoms with Gasteiger partial charge in [-0.3, -0.25) is 14.4 Å². The SMILES string of the molecule is CC(=O)OCC1CC(OC(C)=O)C(OC(C)=O)[C@@H](Br)O1. The fraction of sp³-hybridized carbons (Fsp3) is 0.750. The van der Waals surface area contributed by atoms with E-state index in [1.165, 1.54) is 20.8 Å².